The number of hydrogen-bond acceptors (Lipinski definition) is 15. The molecule has 246 valence electrons. The van der Waals surface area contributed by atoms with E-state index in [0.717, 1.165) is 16.2 Å². The van der Waals surface area contributed by atoms with Crippen LogP contribution in [0.4, 0.5) is 9.93 Å². The van der Waals surface area contributed by atoms with Crippen molar-refractivity contribution in [3.63, 3.8) is 0 Å². The lowest BCUT2D eigenvalue weighted by molar-refractivity contribution is -0.150. The maximum Gasteiger partial charge on any atom is 0.407 e. The zero-order valence-corrected chi connectivity index (χ0v) is 27.2. The highest BCUT2D eigenvalue weighted by atomic mass is 32.2. The number of anilines is 1. The Labute approximate surface area is 274 Å². The van der Waals surface area contributed by atoms with Gasteiger partial charge in [-0.25, -0.2) is 19.3 Å². The summed E-state index contributed by atoms with van der Waals surface area (Å²) in [7, 11) is 0. The van der Waals surface area contributed by atoms with E-state index in [2.05, 4.69) is 48.2 Å². The van der Waals surface area contributed by atoms with Crippen LogP contribution >= 0.6 is 34.9 Å². The number of nitrogens with one attached hydrogen (secondary N) is 3. The second-order valence-electron chi connectivity index (χ2n) is 10.3. The summed E-state index contributed by atoms with van der Waals surface area (Å²) in [6.45, 7) is 9.04. The van der Waals surface area contributed by atoms with Gasteiger partial charge < -0.3 is 30.6 Å². The van der Waals surface area contributed by atoms with Crippen LogP contribution in [0.3, 0.4) is 0 Å². The van der Waals surface area contributed by atoms with Crippen LogP contribution in [0, 0.1) is 0 Å². The molecule has 2 atom stereocenters. The van der Waals surface area contributed by atoms with E-state index < -0.39 is 40.9 Å². The number of carbonyl (C=O) groups is 5. The first-order valence-electron chi connectivity index (χ1n) is 13.5. The molecule has 1 unspecified atom stereocenters. The summed E-state index contributed by atoms with van der Waals surface area (Å²) >= 11 is 3.55. The lowest BCUT2D eigenvalue weighted by Gasteiger charge is -2.49. The van der Waals surface area contributed by atoms with Crippen LogP contribution in [0.2, 0.25) is 0 Å². The molecule has 0 aromatic carbocycles. The second kappa shape index (κ2) is 15.2. The van der Waals surface area contributed by atoms with Crippen molar-refractivity contribution in [3.05, 3.63) is 35.0 Å². The Hall–Kier alpha value is -4.50. The van der Waals surface area contributed by atoms with E-state index >= 15 is 0 Å². The minimum atomic E-state index is -1.28. The number of fused-ring (bicyclic) bond motifs is 1. The number of thiazole rings is 1. The Bertz CT molecular complexity index is 1570. The molecule has 46 heavy (non-hydrogen) atoms. The molecule has 0 aliphatic carbocycles. The lowest BCUT2D eigenvalue weighted by atomic mass is 10.0. The largest absolute Gasteiger partial charge is 0.477 e. The number of rotatable bonds is 15. The topological polar surface area (TPSA) is 232 Å². The highest BCUT2D eigenvalue weighted by molar-refractivity contribution is 8.01. The average molecular weight is 695 g/mol. The Morgan fingerprint density at radius 3 is 2.80 bits per heavy atom. The van der Waals surface area contributed by atoms with Crippen molar-refractivity contribution in [3.8, 4) is 0 Å². The van der Waals surface area contributed by atoms with Gasteiger partial charge in [-0.3, -0.25) is 19.3 Å². The number of amides is 4. The first kappa shape index (κ1) is 34.4. The number of hydrogen-bond donors (Lipinski definition) is 4. The molecule has 0 saturated carbocycles. The maximum absolute atomic E-state index is 13.4. The molecule has 0 spiro atoms. The Morgan fingerprint density at radius 1 is 1.33 bits per heavy atom. The van der Waals surface area contributed by atoms with Crippen LogP contribution in [-0.4, -0.2) is 113 Å². The summed E-state index contributed by atoms with van der Waals surface area (Å²) in [6.07, 6.45) is 1.38. The van der Waals surface area contributed by atoms with Gasteiger partial charge in [-0.15, -0.1) is 34.8 Å². The molecule has 1 fully saturated rings. The van der Waals surface area contributed by atoms with Gasteiger partial charge in [-0.05, 0) is 36.8 Å². The minimum Gasteiger partial charge on any atom is -0.477 e. The number of nitrogens with zero attached hydrogens (tertiary/aromatic N) is 7. The fraction of sp³-hybridized carbons (Fsp3) is 0.440. The third-order valence-corrected chi connectivity index (χ3v) is 9.03. The van der Waals surface area contributed by atoms with Crippen molar-refractivity contribution in [2.45, 2.75) is 49.5 Å². The molecule has 4 rings (SSSR count). The number of tetrazole rings is 1. The summed E-state index contributed by atoms with van der Waals surface area (Å²) in [5.74, 6) is -2.22. The minimum absolute atomic E-state index is 0.00516. The molecule has 2 aromatic rings. The third kappa shape index (κ3) is 8.40. The van der Waals surface area contributed by atoms with Crippen molar-refractivity contribution in [2.24, 2.45) is 5.16 Å². The van der Waals surface area contributed by atoms with E-state index in [4.69, 9.17) is 9.57 Å². The Morgan fingerprint density at radius 2 is 2.11 bits per heavy atom. The van der Waals surface area contributed by atoms with Gasteiger partial charge in [0, 0.05) is 16.9 Å². The Balaban J connectivity index is 1.44. The molecule has 0 bridgehead atoms. The number of carbonyl (C=O) groups excluding carboxylic acids is 4. The fourth-order valence-electron chi connectivity index (χ4n) is 4.02. The number of carboxylic acids is 1. The van der Waals surface area contributed by atoms with Crippen molar-refractivity contribution in [2.75, 3.05) is 30.0 Å². The molecule has 0 radical (unpaired) electrons. The van der Waals surface area contributed by atoms with Gasteiger partial charge in [0.1, 0.15) is 35.0 Å². The summed E-state index contributed by atoms with van der Waals surface area (Å²) in [5, 5.41) is 34.2. The maximum atomic E-state index is 13.4. The van der Waals surface area contributed by atoms with Gasteiger partial charge in [0.2, 0.25) is 11.6 Å². The zero-order valence-electron chi connectivity index (χ0n) is 24.8. The van der Waals surface area contributed by atoms with Gasteiger partial charge >= 0.3 is 12.1 Å². The molecular formula is C25H30N10O8S3. The predicted octanol–water partition coefficient (Wildman–Crippen LogP) is 0.660. The number of β-lactam (4-membered cyclic amide) rings is 1. The molecule has 18 nitrogen and oxygen atoms in total. The molecule has 4 amide bonds. The van der Waals surface area contributed by atoms with Crippen LogP contribution in [-0.2, 0) is 35.3 Å². The van der Waals surface area contributed by atoms with Gasteiger partial charge in [-0.2, -0.15) is 0 Å². The molecule has 2 aliphatic rings. The standard InChI is InChI=1S/C25H30N10O8S3/c1-5-7-34-23(30-32-33-34)46-10-13-9-44-20-16(19(38)35(20)17(13)21(39)40)29-18(37)15(14-11-45-22(28-14)27-12-36)31-42-8-6-26-24(41)43-25(2,3)4/h5,11-12,16,20H,1,6-10H2,2-4H3,(H,26,41)(H,29,37)(H,39,40)(H,27,28,36)/t16?,20-/m1/s1. The second-order valence-corrected chi connectivity index (χ2v) is 13.2. The summed E-state index contributed by atoms with van der Waals surface area (Å²) in [5.41, 5.74) is -0.602. The van der Waals surface area contributed by atoms with Gasteiger partial charge in [0.15, 0.2) is 10.8 Å². The number of alkyl carbamates (subject to hydrolysis) is 1. The van der Waals surface area contributed by atoms with Crippen LogP contribution in [0.1, 0.15) is 26.5 Å². The number of ether oxygens (including phenoxy) is 1. The molecule has 21 heteroatoms. The number of oxime groups is 1. The van der Waals surface area contributed by atoms with Crippen LogP contribution in [0.25, 0.3) is 0 Å². The Kier molecular flexibility index (Phi) is 11.4. The van der Waals surface area contributed by atoms with Gasteiger partial charge in [-0.1, -0.05) is 23.0 Å². The summed E-state index contributed by atoms with van der Waals surface area (Å²) in [6, 6.07) is -1.06. The molecule has 2 aliphatic heterocycles. The number of allylic oxidation sites excluding steroid dienone is 1. The summed E-state index contributed by atoms with van der Waals surface area (Å²) in [4.78, 5) is 72.1. The van der Waals surface area contributed by atoms with E-state index in [0.29, 0.717) is 23.7 Å². The fourth-order valence-corrected chi connectivity index (χ4v) is 7.05. The van der Waals surface area contributed by atoms with E-state index in [9.17, 15) is 29.1 Å². The number of thioether (sulfide) groups is 2. The zero-order chi connectivity index (χ0) is 33.4. The monoisotopic (exact) mass is 694 g/mol. The van der Waals surface area contributed by atoms with Crippen molar-refractivity contribution >= 4 is 76.0 Å². The first-order valence-corrected chi connectivity index (χ1v) is 16.4. The highest BCUT2D eigenvalue weighted by Gasteiger charge is 2.54. The van der Waals surface area contributed by atoms with Crippen LogP contribution < -0.4 is 16.0 Å². The van der Waals surface area contributed by atoms with Crippen LogP contribution in [0.15, 0.2) is 39.6 Å². The molecule has 1 saturated heterocycles. The molecule has 4 N–H and O–H groups in total. The van der Waals surface area contributed by atoms with E-state index in [1.54, 1.807) is 26.8 Å². The molecule has 2 aromatic heterocycles. The average Bonchev–Trinajstić information content (AvgIpc) is 3.64. The molecule has 4 heterocycles. The lowest BCUT2D eigenvalue weighted by Crippen LogP contribution is -2.71. The third-order valence-electron chi connectivity index (χ3n) is 5.87. The molecular weight excluding hydrogens is 665 g/mol. The van der Waals surface area contributed by atoms with Crippen molar-refractivity contribution < 1.29 is 38.7 Å². The quantitative estimate of drug-likeness (QED) is 0.0382. The SMILES string of the molecule is C=CCn1nnnc1SCC1=C(C(=O)O)N2C(=O)C(NC(=O)C(=NOCCNC(=O)OC(C)(C)C)c3csc(NC=O)n3)[C@H]2SC1. The first-order chi connectivity index (χ1) is 21.9. The highest BCUT2D eigenvalue weighted by Crippen LogP contribution is 2.41. The van der Waals surface area contributed by atoms with E-state index in [1.165, 1.54) is 33.6 Å². The number of aliphatic carboxylic acids is 1. The number of aromatic nitrogens is 5. The number of carboxylic acid groups (broad SMARTS) is 1. The summed E-state index contributed by atoms with van der Waals surface area (Å²) < 4.78 is 6.66. The van der Waals surface area contributed by atoms with Gasteiger partial charge in [0.05, 0.1) is 13.1 Å². The van der Waals surface area contributed by atoms with E-state index in [1.807, 2.05) is 0 Å². The predicted molar refractivity (Wildman–Crippen MR) is 167 cm³/mol. The van der Waals surface area contributed by atoms with Gasteiger partial charge in [0.25, 0.3) is 11.8 Å². The van der Waals surface area contributed by atoms with Crippen molar-refractivity contribution in [1.82, 2.24) is 40.7 Å². The normalized spacial score (nSPS) is 17.8. The van der Waals surface area contributed by atoms with E-state index in [-0.39, 0.29) is 46.9 Å². The van der Waals surface area contributed by atoms with Crippen molar-refractivity contribution in [1.29, 1.82) is 0 Å². The smallest absolute Gasteiger partial charge is 0.407 e. The van der Waals surface area contributed by atoms with Crippen LogP contribution in [0.5, 0.6) is 0 Å².